The van der Waals surface area contributed by atoms with Crippen molar-refractivity contribution in [2.75, 3.05) is 6.61 Å². The molecule has 0 aliphatic rings. The van der Waals surface area contributed by atoms with Gasteiger partial charge in [-0.2, -0.15) is 17.2 Å². The minimum absolute atomic E-state index is 0. The van der Waals surface area contributed by atoms with Crippen molar-refractivity contribution in [2.24, 2.45) is 5.41 Å². The van der Waals surface area contributed by atoms with Gasteiger partial charge in [-0.1, -0.05) is 93.6 Å². The SMILES string of the molecule is CC(C)(C)C(C(=O)OCC(F)(F)S(=O)(=O)O)c1ccc(-c2ccccc2)c(-c2ccccc2)c1F.[NaH]. The third-order valence-electron chi connectivity index (χ3n) is 5.49. The van der Waals surface area contributed by atoms with Crippen LogP contribution >= 0.6 is 0 Å². The van der Waals surface area contributed by atoms with E-state index in [0.717, 1.165) is 5.56 Å². The molecular weight excluding hydrogens is 504 g/mol. The van der Waals surface area contributed by atoms with Gasteiger partial charge in [0.15, 0.2) is 6.61 Å². The molecule has 0 saturated heterocycles. The number of hydrogen-bond acceptors (Lipinski definition) is 4. The molecule has 3 aromatic rings. The Labute approximate surface area is 230 Å². The van der Waals surface area contributed by atoms with Crippen LogP contribution in [-0.4, -0.2) is 60.4 Å². The molecule has 0 aliphatic carbocycles. The summed E-state index contributed by atoms with van der Waals surface area (Å²) in [6.07, 6.45) is 0. The van der Waals surface area contributed by atoms with Crippen molar-refractivity contribution in [1.82, 2.24) is 0 Å². The van der Waals surface area contributed by atoms with E-state index in [9.17, 15) is 22.0 Å². The Kier molecular flexibility index (Phi) is 9.58. The van der Waals surface area contributed by atoms with Crippen LogP contribution in [0.25, 0.3) is 22.3 Å². The molecule has 36 heavy (non-hydrogen) atoms. The molecule has 10 heteroatoms. The van der Waals surface area contributed by atoms with Crippen molar-refractivity contribution in [3.63, 3.8) is 0 Å². The van der Waals surface area contributed by atoms with Gasteiger partial charge in [-0.25, -0.2) is 4.39 Å². The fraction of sp³-hybridized carbons (Fsp3) is 0.269. The number of carbonyl (C=O) groups excluding carboxylic acids is 1. The second-order valence-corrected chi connectivity index (χ2v) is 10.7. The summed E-state index contributed by atoms with van der Waals surface area (Å²) in [6, 6.07) is 20.8. The summed E-state index contributed by atoms with van der Waals surface area (Å²) in [5.41, 5.74) is 0.991. The molecule has 3 aromatic carbocycles. The van der Waals surface area contributed by atoms with E-state index < -0.39 is 45.1 Å². The number of rotatable bonds is 7. The number of carbonyl (C=O) groups is 1. The first-order chi connectivity index (χ1) is 16.2. The first kappa shape index (κ1) is 30.1. The van der Waals surface area contributed by atoms with Gasteiger partial charge in [0.25, 0.3) is 0 Å². The molecule has 0 amide bonds. The molecule has 1 atom stereocenters. The van der Waals surface area contributed by atoms with Gasteiger partial charge in [0.2, 0.25) is 0 Å². The van der Waals surface area contributed by atoms with Crippen LogP contribution in [0.15, 0.2) is 72.8 Å². The van der Waals surface area contributed by atoms with E-state index in [-0.39, 0.29) is 40.7 Å². The van der Waals surface area contributed by atoms with Crippen LogP contribution in [0.2, 0.25) is 0 Å². The first-order valence-electron chi connectivity index (χ1n) is 10.7. The van der Waals surface area contributed by atoms with Crippen LogP contribution in [0.3, 0.4) is 0 Å². The number of esters is 1. The van der Waals surface area contributed by atoms with Gasteiger partial charge >= 0.3 is 50.9 Å². The van der Waals surface area contributed by atoms with Crippen molar-refractivity contribution in [1.29, 1.82) is 0 Å². The average molecular weight is 531 g/mol. The van der Waals surface area contributed by atoms with Gasteiger partial charge in [0.05, 0.1) is 5.92 Å². The van der Waals surface area contributed by atoms with E-state index in [1.807, 2.05) is 18.2 Å². The monoisotopic (exact) mass is 530 g/mol. The third-order valence-corrected chi connectivity index (χ3v) is 6.36. The Morgan fingerprint density at radius 3 is 1.89 bits per heavy atom. The fourth-order valence-electron chi connectivity index (χ4n) is 3.82. The predicted octanol–water partition coefficient (Wildman–Crippen LogP) is 5.66. The van der Waals surface area contributed by atoms with E-state index in [4.69, 9.17) is 4.55 Å². The van der Waals surface area contributed by atoms with E-state index in [1.165, 1.54) is 6.07 Å². The van der Waals surface area contributed by atoms with Crippen molar-refractivity contribution < 1.29 is 35.7 Å². The summed E-state index contributed by atoms with van der Waals surface area (Å²) in [7, 11) is -5.80. The van der Waals surface area contributed by atoms with Crippen LogP contribution < -0.4 is 0 Å². The Morgan fingerprint density at radius 1 is 0.917 bits per heavy atom. The quantitative estimate of drug-likeness (QED) is 0.242. The van der Waals surface area contributed by atoms with E-state index in [1.54, 1.807) is 69.3 Å². The van der Waals surface area contributed by atoms with Gasteiger partial charge in [-0.15, -0.1) is 0 Å². The molecule has 188 valence electrons. The normalized spacial score (nSPS) is 13.0. The summed E-state index contributed by atoms with van der Waals surface area (Å²) >= 11 is 0. The molecule has 1 N–H and O–H groups in total. The molecule has 5 nitrogen and oxygen atoms in total. The van der Waals surface area contributed by atoms with Crippen LogP contribution in [0.1, 0.15) is 32.3 Å². The summed E-state index contributed by atoms with van der Waals surface area (Å²) in [5.74, 6) is -3.32. The van der Waals surface area contributed by atoms with Crippen molar-refractivity contribution in [3.05, 3.63) is 84.2 Å². The molecule has 3 rings (SSSR count). The van der Waals surface area contributed by atoms with E-state index >= 15 is 4.39 Å². The van der Waals surface area contributed by atoms with Crippen LogP contribution in [0, 0.1) is 11.2 Å². The summed E-state index contributed by atoms with van der Waals surface area (Å²) in [5, 5.41) is -4.70. The van der Waals surface area contributed by atoms with Crippen LogP contribution in [-0.2, 0) is 19.6 Å². The number of hydrogen-bond donors (Lipinski definition) is 1. The summed E-state index contributed by atoms with van der Waals surface area (Å²) in [4.78, 5) is 12.9. The van der Waals surface area contributed by atoms with E-state index in [2.05, 4.69) is 4.74 Å². The Morgan fingerprint density at radius 2 is 1.42 bits per heavy atom. The van der Waals surface area contributed by atoms with Crippen LogP contribution in [0.4, 0.5) is 13.2 Å². The predicted molar refractivity (Wildman–Crippen MR) is 134 cm³/mol. The first-order valence-corrected chi connectivity index (χ1v) is 12.1. The molecule has 0 heterocycles. The second-order valence-electron chi connectivity index (χ2n) is 9.14. The fourth-order valence-corrected chi connectivity index (χ4v) is 4.03. The molecule has 0 saturated carbocycles. The third kappa shape index (κ3) is 6.58. The standard InChI is InChI=1S/C26H25F3O5S.Na.H/c1-25(2,3)22(24(30)34-16-26(28,29)35(31,32)33)20-15-14-19(17-10-6-4-7-11-17)21(23(20)27)18-12-8-5-9-13-18;;/h4-15,22H,16H2,1-3H3,(H,31,32,33);;. The van der Waals surface area contributed by atoms with E-state index in [0.29, 0.717) is 11.1 Å². The van der Waals surface area contributed by atoms with Crippen molar-refractivity contribution >= 4 is 45.6 Å². The Hall–Kier alpha value is -2.17. The van der Waals surface area contributed by atoms with Gasteiger partial charge in [-0.05, 0) is 22.1 Å². The molecule has 0 aliphatic heterocycles. The zero-order valence-electron chi connectivity index (χ0n) is 19.3. The average Bonchev–Trinajstić information content (AvgIpc) is 2.78. The van der Waals surface area contributed by atoms with Gasteiger partial charge < -0.3 is 4.74 Å². The maximum atomic E-state index is 16.2. The maximum absolute atomic E-state index is 16.2. The summed E-state index contributed by atoms with van der Waals surface area (Å²) in [6.45, 7) is 2.91. The van der Waals surface area contributed by atoms with Gasteiger partial charge in [0.1, 0.15) is 5.82 Å². The Balaban J connectivity index is 0.00000456. The van der Waals surface area contributed by atoms with Crippen LogP contribution in [0.5, 0.6) is 0 Å². The Bertz CT molecular complexity index is 1310. The molecule has 0 aromatic heterocycles. The van der Waals surface area contributed by atoms with Gasteiger partial charge in [0, 0.05) is 11.1 Å². The molecular formula is C26H26F3NaO5S. The second kappa shape index (κ2) is 11.5. The number of halogens is 3. The molecule has 0 fully saturated rings. The minimum atomic E-state index is -5.80. The zero-order chi connectivity index (χ0) is 26.0. The molecule has 0 radical (unpaired) electrons. The van der Waals surface area contributed by atoms with Gasteiger partial charge in [-0.3, -0.25) is 9.35 Å². The number of alkyl halides is 2. The zero-order valence-corrected chi connectivity index (χ0v) is 20.2. The molecule has 0 spiro atoms. The molecule has 1 unspecified atom stereocenters. The summed E-state index contributed by atoms with van der Waals surface area (Å²) < 4.78 is 78.6. The number of benzene rings is 3. The number of ether oxygens (including phenoxy) is 1. The van der Waals surface area contributed by atoms with Crippen molar-refractivity contribution in [3.8, 4) is 22.3 Å². The van der Waals surface area contributed by atoms with Crippen molar-refractivity contribution in [2.45, 2.75) is 31.9 Å². The molecule has 0 bridgehead atoms. The topological polar surface area (TPSA) is 80.7 Å².